The lowest BCUT2D eigenvalue weighted by molar-refractivity contribution is -0.264. The number of fused-ring (bicyclic) bond motifs is 1. The Bertz CT molecular complexity index is 2580. The van der Waals surface area contributed by atoms with Gasteiger partial charge < -0.3 is 37.0 Å². The number of benzene rings is 4. The van der Waals surface area contributed by atoms with Crippen LogP contribution in [0, 0.1) is 11.8 Å². The average molecular weight is 1160 g/mol. The predicted octanol–water partition coefficient (Wildman–Crippen LogP) is 13.2. The third kappa shape index (κ3) is 13.9. The number of ether oxygens (including phenoxy) is 5. The third-order valence-corrected chi connectivity index (χ3v) is 33.5. The molecular weight excluding hydrogens is 1060 g/mol. The third-order valence-electron chi connectivity index (χ3n) is 18.7. The molecule has 4 fully saturated rings. The van der Waals surface area contributed by atoms with E-state index in [0.717, 1.165) is 48.5 Å². The van der Waals surface area contributed by atoms with E-state index in [1.807, 2.05) is 6.92 Å². The van der Waals surface area contributed by atoms with Crippen molar-refractivity contribution in [1.82, 2.24) is 0 Å². The summed E-state index contributed by atoms with van der Waals surface area (Å²) in [7, 11) is -8.16. The van der Waals surface area contributed by atoms with Gasteiger partial charge >= 0.3 is 5.97 Å². The summed E-state index contributed by atoms with van der Waals surface area (Å²) < 4.78 is 57.8. The van der Waals surface area contributed by atoms with Crippen LogP contribution in [0.25, 0.3) is 0 Å². The van der Waals surface area contributed by atoms with E-state index in [4.69, 9.17) is 43.5 Å². The van der Waals surface area contributed by atoms with Crippen LogP contribution < -0.4 is 20.7 Å². The predicted molar refractivity (Wildman–Crippen MR) is 337 cm³/mol. The van der Waals surface area contributed by atoms with Crippen LogP contribution in [0.5, 0.6) is 0 Å². The first kappa shape index (κ1) is 63.0. The van der Waals surface area contributed by atoms with Gasteiger partial charge in [-0.2, -0.15) is 0 Å². The van der Waals surface area contributed by atoms with E-state index in [1.54, 1.807) is 6.08 Å². The van der Waals surface area contributed by atoms with Gasteiger partial charge in [0.05, 0.1) is 67.6 Å². The topological polar surface area (TPSA) is 90.9 Å². The van der Waals surface area contributed by atoms with E-state index in [9.17, 15) is 4.79 Å². The number of carbonyl (C=O) groups excluding carboxylic acids is 1. The molecule has 0 saturated carbocycles. The van der Waals surface area contributed by atoms with E-state index in [2.05, 4.69) is 204 Å². The van der Waals surface area contributed by atoms with Crippen LogP contribution in [0.3, 0.4) is 0 Å². The highest BCUT2D eigenvalue weighted by Crippen LogP contribution is 2.47. The van der Waals surface area contributed by atoms with Crippen molar-refractivity contribution in [2.45, 2.75) is 217 Å². The van der Waals surface area contributed by atoms with Gasteiger partial charge in [-0.15, -0.1) is 0 Å². The number of hydrogen-bond donors (Lipinski definition) is 0. The zero-order chi connectivity index (χ0) is 58.2. The molecule has 0 aliphatic carbocycles. The second-order valence-corrected chi connectivity index (χ2v) is 39.1. The molecule has 0 aromatic heterocycles. The maximum Gasteiger partial charge on any atom is 0.330 e. The van der Waals surface area contributed by atoms with Crippen molar-refractivity contribution in [3.63, 3.8) is 0 Å². The molecule has 12 atom stereocenters. The van der Waals surface area contributed by atoms with Crippen molar-refractivity contribution in [2.75, 3.05) is 13.2 Å². The monoisotopic (exact) mass is 1150 g/mol. The molecule has 8 rings (SSSR count). The lowest BCUT2D eigenvalue weighted by atomic mass is 9.79. The van der Waals surface area contributed by atoms with Crippen molar-refractivity contribution in [3.8, 4) is 0 Å². The van der Waals surface area contributed by atoms with Gasteiger partial charge in [0.25, 0.3) is 16.6 Å². The molecule has 4 aliphatic rings. The fourth-order valence-electron chi connectivity index (χ4n) is 14.0. The highest BCUT2D eigenvalue weighted by Gasteiger charge is 2.58. The number of rotatable bonds is 23. The first-order valence-electron chi connectivity index (χ1n) is 30.8. The lowest BCUT2D eigenvalue weighted by Crippen LogP contribution is -2.70. The Morgan fingerprint density at radius 1 is 0.630 bits per heavy atom. The maximum absolute atomic E-state index is 12.1. The van der Waals surface area contributed by atoms with Crippen LogP contribution in [0.15, 0.2) is 158 Å². The lowest BCUT2D eigenvalue weighted by Gasteiger charge is -2.55. The quantitative estimate of drug-likeness (QED) is 0.0312. The molecule has 4 aromatic rings. The molecular formula is C69H98O9Si3. The summed E-state index contributed by atoms with van der Waals surface area (Å²) in [5.74, 6) is -0.0747. The molecule has 0 radical (unpaired) electrons. The second-order valence-electron chi connectivity index (χ2n) is 25.8. The highest BCUT2D eigenvalue weighted by atomic mass is 28.4. The molecule has 0 spiro atoms. The van der Waals surface area contributed by atoms with E-state index >= 15 is 0 Å². The number of hydrogen-bond acceptors (Lipinski definition) is 9. The van der Waals surface area contributed by atoms with E-state index in [0.29, 0.717) is 38.9 Å². The molecule has 9 nitrogen and oxygen atoms in total. The average Bonchev–Trinajstić information content (AvgIpc) is 3.59. The smallest absolute Gasteiger partial charge is 0.330 e. The summed E-state index contributed by atoms with van der Waals surface area (Å²) in [5.41, 5.74) is 2.17. The van der Waals surface area contributed by atoms with Crippen molar-refractivity contribution in [1.29, 1.82) is 0 Å². The highest BCUT2D eigenvalue weighted by molar-refractivity contribution is 7.00. The molecule has 0 amide bonds. The van der Waals surface area contributed by atoms with Gasteiger partial charge in [-0.1, -0.05) is 211 Å². The summed E-state index contributed by atoms with van der Waals surface area (Å²) in [6.45, 7) is 37.5. The molecule has 4 aliphatic heterocycles. The van der Waals surface area contributed by atoms with Crippen molar-refractivity contribution < 1.29 is 41.8 Å². The molecule has 0 N–H and O–H groups in total. The minimum Gasteiger partial charge on any atom is -0.463 e. The van der Waals surface area contributed by atoms with Gasteiger partial charge in [0.15, 0.2) is 8.32 Å². The number of carbonyl (C=O) groups is 1. The number of esters is 1. The Morgan fingerprint density at radius 3 is 1.67 bits per heavy atom. The van der Waals surface area contributed by atoms with Gasteiger partial charge in [0, 0.05) is 37.9 Å². The van der Waals surface area contributed by atoms with E-state index in [1.165, 1.54) is 26.8 Å². The van der Waals surface area contributed by atoms with Crippen LogP contribution in [0.1, 0.15) is 128 Å². The standard InChI is InChI=1S/C69H98O9Si3/c1-15-71-65(70)42-40-54-46-50(6)59(73-54)41-39-53-45-49(5)51(7)61(74-53)47-64-67(78-79(16-2,17-3)18-4)52(8)66-63(75-64)48-62(77-81(69(12,13)14,57-35-27-21-28-36-57)58-37-29-22-30-38-58)60(76-66)43-44-72-80(68(9,10)11,55-31-23-19-24-32-55)56-33-25-20-26-34-56/h19-38,40,42,49,52-54,59-64,66-67H,6-7,15-18,39,41,43-48H2,1-5,8-14H3/b42-40+/t49?,52-,53-,54?,59-,60?,61?,62?,63?,64-,66-,67?/m0/s1. The molecule has 0 bridgehead atoms. The summed E-state index contributed by atoms with van der Waals surface area (Å²) in [6, 6.07) is 47.0. The Balaban J connectivity index is 1.13. The Kier molecular flexibility index (Phi) is 21.2. The van der Waals surface area contributed by atoms with Gasteiger partial charge in [-0.25, -0.2) is 4.79 Å². The molecule has 7 unspecified atom stereocenters. The summed E-state index contributed by atoms with van der Waals surface area (Å²) in [6.07, 6.45) is 6.33. The van der Waals surface area contributed by atoms with Crippen LogP contribution in [0.2, 0.25) is 28.2 Å². The van der Waals surface area contributed by atoms with E-state index < -0.39 is 25.0 Å². The largest absolute Gasteiger partial charge is 0.463 e. The zero-order valence-electron chi connectivity index (χ0n) is 51.2. The first-order valence-corrected chi connectivity index (χ1v) is 37.1. The Labute approximate surface area is 491 Å². The zero-order valence-corrected chi connectivity index (χ0v) is 54.2. The molecule has 12 heteroatoms. The van der Waals surface area contributed by atoms with Gasteiger partial charge in [0.2, 0.25) is 0 Å². The van der Waals surface area contributed by atoms with Gasteiger partial charge in [-0.05, 0) is 105 Å². The molecule has 4 aromatic carbocycles. The summed E-state index contributed by atoms with van der Waals surface area (Å²) >= 11 is 0. The Morgan fingerprint density at radius 2 is 1.16 bits per heavy atom. The van der Waals surface area contributed by atoms with Crippen LogP contribution in [-0.4, -0.2) is 105 Å². The normalized spacial score (nSPS) is 27.8. The van der Waals surface area contributed by atoms with Crippen LogP contribution in [0.4, 0.5) is 0 Å². The van der Waals surface area contributed by atoms with Crippen molar-refractivity contribution in [2.24, 2.45) is 11.8 Å². The van der Waals surface area contributed by atoms with Crippen molar-refractivity contribution >= 4 is 51.7 Å². The van der Waals surface area contributed by atoms with Gasteiger partial charge in [-0.3, -0.25) is 0 Å². The summed E-state index contributed by atoms with van der Waals surface area (Å²) in [5, 5.41) is 4.56. The Hall–Kier alpha value is -4.06. The van der Waals surface area contributed by atoms with Crippen LogP contribution in [-0.2, 0) is 41.8 Å². The van der Waals surface area contributed by atoms with Gasteiger partial charge in [0.1, 0.15) is 0 Å². The minimum absolute atomic E-state index is 0.0126. The SMILES string of the molecule is C=C1C(C)C[C@H](CC[C@@H]2OC(/C=C/C(=O)OCC)CC2=C)OC1C[C@@H]1OC2CC(O[Si](c3ccccc3)(c3ccccc3)C(C)(C)C)C(CCO[Si](c3ccccc3)(c3ccccc3)C(C)(C)C)O[C@H]2[C@H](C)C1O[Si](CC)(CC)CC. The molecule has 4 saturated heterocycles. The van der Waals surface area contributed by atoms with Crippen molar-refractivity contribution in [3.05, 3.63) is 158 Å². The fourth-order valence-corrected chi connectivity index (χ4v) is 26.3. The summed E-state index contributed by atoms with van der Waals surface area (Å²) in [4.78, 5) is 12.1. The molecule has 81 heavy (non-hydrogen) atoms. The van der Waals surface area contributed by atoms with E-state index in [-0.39, 0.29) is 88.9 Å². The fraction of sp³-hybridized carbons (Fsp3) is 0.551. The second kappa shape index (κ2) is 27.3. The maximum atomic E-state index is 12.1. The molecule has 4 heterocycles. The van der Waals surface area contributed by atoms with Crippen LogP contribution >= 0.6 is 0 Å². The molecule has 440 valence electrons. The first-order chi connectivity index (χ1) is 38.7. The minimum atomic E-state index is -3.09.